The van der Waals surface area contributed by atoms with Gasteiger partial charge in [-0.05, 0) is 112 Å². The molecule has 0 saturated carbocycles. The Labute approximate surface area is 360 Å². The van der Waals surface area contributed by atoms with Crippen LogP contribution in [0.5, 0.6) is 0 Å². The second kappa shape index (κ2) is 14.8. The average molecular weight is 787 g/mol. The molecule has 0 aliphatic carbocycles. The zero-order chi connectivity index (χ0) is 41.0. The maximum absolute atomic E-state index is 5.21. The zero-order valence-corrected chi connectivity index (χ0v) is 33.8. The Morgan fingerprint density at radius 2 is 0.742 bits per heavy atom. The number of nitrogens with zero attached hydrogens (tertiary/aromatic N) is 2. The SMILES string of the molecule is c1ccc(-c2nc(-c3cccc(-c4cccc5ccccc45)c3)cc(-c3ccc4cc(-c5c6ccccc6c(-c6ccccc6)c6ccc7ccccc7c56)ccc4c3)n2)cc1. The van der Waals surface area contributed by atoms with Crippen LogP contribution in [0.15, 0.2) is 231 Å². The second-order valence-corrected chi connectivity index (χ2v) is 16.1. The second-order valence-electron chi connectivity index (χ2n) is 16.1. The van der Waals surface area contributed by atoms with Crippen LogP contribution < -0.4 is 0 Å². The molecule has 0 bridgehead atoms. The van der Waals surface area contributed by atoms with Gasteiger partial charge in [0.05, 0.1) is 11.4 Å². The van der Waals surface area contributed by atoms with E-state index in [0.717, 1.165) is 39.0 Å². The molecule has 0 spiro atoms. The Morgan fingerprint density at radius 1 is 0.242 bits per heavy atom. The van der Waals surface area contributed by atoms with Crippen LogP contribution >= 0.6 is 0 Å². The van der Waals surface area contributed by atoms with Gasteiger partial charge in [0.25, 0.3) is 0 Å². The molecule has 62 heavy (non-hydrogen) atoms. The lowest BCUT2D eigenvalue weighted by Gasteiger charge is -2.19. The maximum atomic E-state index is 5.21. The number of hydrogen-bond donors (Lipinski definition) is 0. The minimum absolute atomic E-state index is 0.703. The molecular formula is C60H38N2. The van der Waals surface area contributed by atoms with Crippen LogP contribution in [0.25, 0.3) is 121 Å². The lowest BCUT2D eigenvalue weighted by atomic mass is 9.83. The molecule has 288 valence electrons. The molecule has 1 aromatic heterocycles. The van der Waals surface area contributed by atoms with Crippen molar-refractivity contribution in [2.24, 2.45) is 0 Å². The van der Waals surface area contributed by atoms with E-state index in [-0.39, 0.29) is 0 Å². The van der Waals surface area contributed by atoms with Crippen LogP contribution in [0.3, 0.4) is 0 Å². The fourth-order valence-electron chi connectivity index (χ4n) is 9.51. The van der Waals surface area contributed by atoms with E-state index in [4.69, 9.17) is 9.97 Å². The van der Waals surface area contributed by atoms with Crippen LogP contribution in [-0.4, -0.2) is 9.97 Å². The monoisotopic (exact) mass is 786 g/mol. The molecule has 0 fully saturated rings. The van der Waals surface area contributed by atoms with Crippen LogP contribution in [0, 0.1) is 0 Å². The summed E-state index contributed by atoms with van der Waals surface area (Å²) in [5, 5.41) is 12.3. The molecule has 12 rings (SSSR count). The van der Waals surface area contributed by atoms with Gasteiger partial charge in [-0.3, -0.25) is 0 Å². The summed E-state index contributed by atoms with van der Waals surface area (Å²) in [6.45, 7) is 0. The Kier molecular flexibility index (Phi) is 8.53. The van der Waals surface area contributed by atoms with E-state index in [0.29, 0.717) is 5.82 Å². The number of rotatable bonds is 6. The number of benzene rings is 11. The molecule has 12 aromatic rings. The number of aromatic nitrogens is 2. The molecule has 0 atom stereocenters. The zero-order valence-electron chi connectivity index (χ0n) is 33.8. The first-order chi connectivity index (χ1) is 30.7. The predicted octanol–water partition coefficient (Wildman–Crippen LogP) is 16.2. The van der Waals surface area contributed by atoms with E-state index >= 15 is 0 Å². The highest BCUT2D eigenvalue weighted by Crippen LogP contribution is 2.47. The van der Waals surface area contributed by atoms with Gasteiger partial charge in [0.1, 0.15) is 0 Å². The van der Waals surface area contributed by atoms with Crippen molar-refractivity contribution in [2.75, 3.05) is 0 Å². The van der Waals surface area contributed by atoms with Gasteiger partial charge < -0.3 is 0 Å². The highest BCUT2D eigenvalue weighted by Gasteiger charge is 2.19. The third-order valence-electron chi connectivity index (χ3n) is 12.4. The van der Waals surface area contributed by atoms with Gasteiger partial charge in [-0.1, -0.05) is 206 Å². The molecule has 0 unspecified atom stereocenters. The van der Waals surface area contributed by atoms with Gasteiger partial charge in [-0.25, -0.2) is 9.97 Å². The molecule has 11 aromatic carbocycles. The van der Waals surface area contributed by atoms with Gasteiger partial charge in [-0.2, -0.15) is 0 Å². The van der Waals surface area contributed by atoms with Gasteiger partial charge in [0, 0.05) is 16.7 Å². The Bertz CT molecular complexity index is 3680. The molecule has 0 N–H and O–H groups in total. The van der Waals surface area contributed by atoms with Crippen molar-refractivity contribution >= 4 is 53.9 Å². The molecule has 0 radical (unpaired) electrons. The van der Waals surface area contributed by atoms with Crippen LogP contribution in [0.1, 0.15) is 0 Å². The highest BCUT2D eigenvalue weighted by molar-refractivity contribution is 6.28. The molecule has 2 nitrogen and oxygen atoms in total. The van der Waals surface area contributed by atoms with Crippen molar-refractivity contribution in [1.29, 1.82) is 0 Å². The smallest absolute Gasteiger partial charge is 0.160 e. The summed E-state index contributed by atoms with van der Waals surface area (Å²) in [7, 11) is 0. The topological polar surface area (TPSA) is 25.8 Å². The summed E-state index contributed by atoms with van der Waals surface area (Å²) < 4.78 is 0. The molecule has 0 aliphatic rings. The van der Waals surface area contributed by atoms with E-state index in [1.165, 1.54) is 76.3 Å². The first-order valence-corrected chi connectivity index (χ1v) is 21.2. The van der Waals surface area contributed by atoms with Gasteiger partial charge >= 0.3 is 0 Å². The fourth-order valence-corrected chi connectivity index (χ4v) is 9.51. The van der Waals surface area contributed by atoms with E-state index < -0.39 is 0 Å². The lowest BCUT2D eigenvalue weighted by Crippen LogP contribution is -1.96. The summed E-state index contributed by atoms with van der Waals surface area (Å²) in [6.07, 6.45) is 0. The van der Waals surface area contributed by atoms with E-state index in [1.54, 1.807) is 0 Å². The molecular weight excluding hydrogens is 749 g/mol. The number of fused-ring (bicyclic) bond motifs is 6. The summed E-state index contributed by atoms with van der Waals surface area (Å²) >= 11 is 0. The normalized spacial score (nSPS) is 11.5. The predicted molar refractivity (Wildman–Crippen MR) is 262 cm³/mol. The molecule has 0 saturated heterocycles. The van der Waals surface area contributed by atoms with Crippen molar-refractivity contribution in [1.82, 2.24) is 9.97 Å². The summed E-state index contributed by atoms with van der Waals surface area (Å²) in [5.41, 5.74) is 12.2. The standard InChI is InChI=1S/C60H38N2/c1-3-17-41(18-4-1)57-52-26-11-12-27-53(52)58(59-51-25-10-8-16-40(51)33-34-54(57)59)48-32-30-43-35-47(31-29-44(43)36-48)56-38-55(61-60(62-56)42-19-5-2-6-20-42)46-23-13-22-45(37-46)50-28-14-21-39-15-7-9-24-49(39)50/h1-38H. The van der Waals surface area contributed by atoms with Crippen LogP contribution in [0.2, 0.25) is 0 Å². The summed E-state index contributed by atoms with van der Waals surface area (Å²) in [5.74, 6) is 0.703. The van der Waals surface area contributed by atoms with Gasteiger partial charge in [-0.15, -0.1) is 0 Å². The van der Waals surface area contributed by atoms with Crippen molar-refractivity contribution in [3.05, 3.63) is 231 Å². The van der Waals surface area contributed by atoms with E-state index in [1.807, 2.05) is 18.2 Å². The fraction of sp³-hybridized carbons (Fsp3) is 0. The molecule has 1 heterocycles. The Morgan fingerprint density at radius 3 is 1.48 bits per heavy atom. The minimum Gasteiger partial charge on any atom is -0.228 e. The van der Waals surface area contributed by atoms with Gasteiger partial charge in [0.2, 0.25) is 0 Å². The minimum atomic E-state index is 0.703. The van der Waals surface area contributed by atoms with Crippen LogP contribution in [0.4, 0.5) is 0 Å². The Balaban J connectivity index is 1.01. The van der Waals surface area contributed by atoms with Crippen molar-refractivity contribution < 1.29 is 0 Å². The van der Waals surface area contributed by atoms with Crippen LogP contribution in [-0.2, 0) is 0 Å². The maximum Gasteiger partial charge on any atom is 0.160 e. The van der Waals surface area contributed by atoms with Crippen molar-refractivity contribution in [2.45, 2.75) is 0 Å². The third kappa shape index (κ3) is 6.12. The summed E-state index contributed by atoms with van der Waals surface area (Å²) in [6, 6.07) is 83.1. The van der Waals surface area contributed by atoms with Crippen molar-refractivity contribution in [3.8, 4) is 67.3 Å². The average Bonchev–Trinajstić information content (AvgIpc) is 3.35. The van der Waals surface area contributed by atoms with E-state index in [9.17, 15) is 0 Å². The number of hydrogen-bond acceptors (Lipinski definition) is 2. The molecule has 0 aliphatic heterocycles. The quantitative estimate of drug-likeness (QED) is 0.124. The largest absolute Gasteiger partial charge is 0.228 e. The van der Waals surface area contributed by atoms with E-state index in [2.05, 4.69) is 212 Å². The lowest BCUT2D eigenvalue weighted by molar-refractivity contribution is 1.18. The highest BCUT2D eigenvalue weighted by atomic mass is 14.9. The third-order valence-corrected chi connectivity index (χ3v) is 12.4. The molecule has 2 heteroatoms. The van der Waals surface area contributed by atoms with Crippen molar-refractivity contribution in [3.63, 3.8) is 0 Å². The summed E-state index contributed by atoms with van der Waals surface area (Å²) in [4.78, 5) is 10.4. The molecule has 0 amide bonds. The first kappa shape index (κ1) is 35.7. The first-order valence-electron chi connectivity index (χ1n) is 21.2. The van der Waals surface area contributed by atoms with Gasteiger partial charge in [0.15, 0.2) is 5.82 Å². The Hall–Kier alpha value is -8.20.